The molecule has 1 aromatic carbocycles. The van der Waals surface area contributed by atoms with E-state index in [1.54, 1.807) is 18.2 Å². The van der Waals surface area contributed by atoms with Crippen LogP contribution in [-0.4, -0.2) is 83.0 Å². The molecule has 0 aliphatic heterocycles. The molecular formula is C37H44O14. The van der Waals surface area contributed by atoms with Crippen LogP contribution in [0, 0.1) is 17.3 Å². The molecule has 0 spiro atoms. The molecule has 0 N–H and O–H groups in total. The molecule has 0 radical (unpaired) electrons. The van der Waals surface area contributed by atoms with Crippen molar-refractivity contribution in [3.8, 4) is 0 Å². The van der Waals surface area contributed by atoms with E-state index in [0.717, 1.165) is 34.6 Å². The van der Waals surface area contributed by atoms with Crippen LogP contribution in [0.15, 0.2) is 54.6 Å². The topological polar surface area (TPSA) is 192 Å². The Morgan fingerprint density at radius 2 is 1.22 bits per heavy atom. The summed E-state index contributed by atoms with van der Waals surface area (Å²) in [4.78, 5) is 106. The normalized spacial score (nSPS) is 31.0. The van der Waals surface area contributed by atoms with Gasteiger partial charge < -0.3 is 28.4 Å². The molecule has 3 rings (SSSR count). The van der Waals surface area contributed by atoms with Gasteiger partial charge >= 0.3 is 35.8 Å². The maximum atomic E-state index is 14.8. The molecule has 0 unspecified atom stereocenters. The van der Waals surface area contributed by atoms with Crippen LogP contribution >= 0.6 is 0 Å². The molecule has 1 fully saturated rings. The van der Waals surface area contributed by atoms with E-state index >= 15 is 0 Å². The second-order valence-corrected chi connectivity index (χ2v) is 13.5. The Kier molecular flexibility index (Phi) is 12.2. The predicted molar refractivity (Wildman–Crippen MR) is 176 cm³/mol. The minimum absolute atomic E-state index is 0.0213. The number of carbonyl (C=O) groups excluding carboxylic acids is 8. The maximum Gasteiger partial charge on any atom is 0.338 e. The number of ether oxygens (including phenoxy) is 6. The molecule has 2 aliphatic rings. The third-order valence-electron chi connectivity index (χ3n) is 8.76. The first-order valence-corrected chi connectivity index (χ1v) is 16.2. The van der Waals surface area contributed by atoms with Crippen molar-refractivity contribution in [2.45, 2.75) is 104 Å². The van der Waals surface area contributed by atoms with Gasteiger partial charge in [-0.1, -0.05) is 43.9 Å². The fourth-order valence-electron chi connectivity index (χ4n) is 6.78. The highest BCUT2D eigenvalue weighted by Gasteiger charge is 2.72. The number of carbonyl (C=O) groups is 8. The van der Waals surface area contributed by atoms with Gasteiger partial charge in [0.1, 0.15) is 6.10 Å². The van der Waals surface area contributed by atoms with E-state index in [0.29, 0.717) is 0 Å². The first-order valence-electron chi connectivity index (χ1n) is 16.2. The van der Waals surface area contributed by atoms with Gasteiger partial charge in [-0.3, -0.25) is 33.6 Å². The Hall–Kier alpha value is -5.14. The molecule has 14 heteroatoms. The zero-order valence-electron chi connectivity index (χ0n) is 30.1. The third-order valence-corrected chi connectivity index (χ3v) is 8.76. The Morgan fingerprint density at radius 3 is 1.73 bits per heavy atom. The molecule has 0 heterocycles. The van der Waals surface area contributed by atoms with E-state index in [1.807, 2.05) is 0 Å². The number of rotatable bonds is 7. The van der Waals surface area contributed by atoms with Crippen LogP contribution in [0.2, 0.25) is 0 Å². The van der Waals surface area contributed by atoms with Gasteiger partial charge in [-0.25, -0.2) is 4.79 Å². The molecule has 0 amide bonds. The fraction of sp³-hybridized carbons (Fsp3) is 0.514. The lowest BCUT2D eigenvalue weighted by Gasteiger charge is -2.42. The average Bonchev–Trinajstić information content (AvgIpc) is 3.24. The van der Waals surface area contributed by atoms with E-state index < -0.39 is 112 Å². The molecule has 1 aromatic rings. The van der Waals surface area contributed by atoms with Gasteiger partial charge in [0, 0.05) is 57.9 Å². The monoisotopic (exact) mass is 712 g/mol. The molecule has 51 heavy (non-hydrogen) atoms. The largest absolute Gasteiger partial charge is 0.458 e. The molecule has 0 bridgehead atoms. The van der Waals surface area contributed by atoms with Gasteiger partial charge in [-0.05, 0) is 32.9 Å². The zero-order valence-corrected chi connectivity index (χ0v) is 30.1. The number of ketones is 2. The highest BCUT2D eigenvalue weighted by atomic mass is 16.6. The van der Waals surface area contributed by atoms with Gasteiger partial charge in [0.15, 0.2) is 35.0 Å². The van der Waals surface area contributed by atoms with E-state index in [4.69, 9.17) is 28.4 Å². The highest BCUT2D eigenvalue weighted by Crippen LogP contribution is 2.54. The molecule has 276 valence electrons. The molecule has 14 nitrogen and oxygen atoms in total. The Labute approximate surface area is 295 Å². The Balaban J connectivity index is 2.54. The molecular weight excluding hydrogens is 668 g/mol. The minimum atomic E-state index is -2.37. The molecule has 8 atom stereocenters. The summed E-state index contributed by atoms with van der Waals surface area (Å²) in [6.07, 6.45) is -5.25. The number of benzene rings is 1. The lowest BCUT2D eigenvalue weighted by atomic mass is 9.72. The van der Waals surface area contributed by atoms with Gasteiger partial charge in [-0.2, -0.15) is 0 Å². The maximum absolute atomic E-state index is 14.8. The van der Waals surface area contributed by atoms with E-state index in [1.165, 1.54) is 52.0 Å². The summed E-state index contributed by atoms with van der Waals surface area (Å²) in [5, 5.41) is 0. The smallest absolute Gasteiger partial charge is 0.338 e. The van der Waals surface area contributed by atoms with Crippen LogP contribution in [0.4, 0.5) is 0 Å². The summed E-state index contributed by atoms with van der Waals surface area (Å²) >= 11 is 0. The van der Waals surface area contributed by atoms with Crippen LogP contribution in [-0.2, 0) is 62.0 Å². The van der Waals surface area contributed by atoms with E-state index in [2.05, 4.69) is 6.58 Å². The molecule has 1 saturated carbocycles. The average molecular weight is 713 g/mol. The molecule has 0 aromatic heterocycles. The zero-order chi connectivity index (χ0) is 38.6. The summed E-state index contributed by atoms with van der Waals surface area (Å²) in [6, 6.07) is 7.58. The van der Waals surface area contributed by atoms with Gasteiger partial charge in [0.05, 0.1) is 11.5 Å². The second-order valence-electron chi connectivity index (χ2n) is 13.5. The first-order chi connectivity index (χ1) is 23.6. The van der Waals surface area contributed by atoms with Crippen LogP contribution < -0.4 is 0 Å². The van der Waals surface area contributed by atoms with Gasteiger partial charge in [-0.15, -0.1) is 0 Å². The number of hydrogen-bond donors (Lipinski definition) is 0. The minimum Gasteiger partial charge on any atom is -0.458 e. The van der Waals surface area contributed by atoms with Gasteiger partial charge in [0.2, 0.25) is 6.10 Å². The van der Waals surface area contributed by atoms with Crippen molar-refractivity contribution in [1.82, 2.24) is 0 Å². The summed E-state index contributed by atoms with van der Waals surface area (Å²) in [7, 11) is 0. The number of Topliss-reactive ketones (excluding diaryl/α,β-unsaturated/α-hetero) is 2. The number of hydrogen-bond acceptors (Lipinski definition) is 14. The second kappa shape index (κ2) is 15.4. The Bertz CT molecular complexity index is 1640. The van der Waals surface area contributed by atoms with Crippen molar-refractivity contribution in [3.05, 3.63) is 60.2 Å². The van der Waals surface area contributed by atoms with Crippen molar-refractivity contribution >= 4 is 47.4 Å². The lowest BCUT2D eigenvalue weighted by molar-refractivity contribution is -0.190. The highest BCUT2D eigenvalue weighted by molar-refractivity contribution is 5.96. The quantitative estimate of drug-likeness (QED) is 0.226. The first kappa shape index (κ1) is 40.3. The van der Waals surface area contributed by atoms with Crippen molar-refractivity contribution in [2.24, 2.45) is 17.3 Å². The van der Waals surface area contributed by atoms with Crippen LogP contribution in [0.5, 0.6) is 0 Å². The number of esters is 6. The van der Waals surface area contributed by atoms with E-state index in [9.17, 15) is 38.4 Å². The van der Waals surface area contributed by atoms with Crippen LogP contribution in [0.25, 0.3) is 0 Å². The van der Waals surface area contributed by atoms with E-state index in [-0.39, 0.29) is 5.56 Å². The van der Waals surface area contributed by atoms with Crippen LogP contribution in [0.3, 0.4) is 0 Å². The summed E-state index contributed by atoms with van der Waals surface area (Å²) in [5.41, 5.74) is -6.18. The lowest BCUT2D eigenvalue weighted by Crippen LogP contribution is -2.58. The third kappa shape index (κ3) is 8.78. The van der Waals surface area contributed by atoms with Crippen molar-refractivity contribution in [3.63, 3.8) is 0 Å². The fourth-order valence-corrected chi connectivity index (χ4v) is 6.78. The standard InChI is InChI=1S/C37H44O14/c1-19-16-17-35(8,9)32(44)30(47-22(4)39)29(49-34(45)26-14-12-11-13-15-26)20(2)28(46-21(3)38)27-33(48-23(5)40)36(10,50-24(6)41)18-37(27,31(19)43)51-25(7)42/h11-17,19,27-30,33H,2,18H2,1,3-10H3/b17-16+/t19-,27+,28+,29+,30-,33-,36-,37-/m1/s1. The molecule has 0 saturated heterocycles. The Morgan fingerprint density at radius 1 is 0.686 bits per heavy atom. The predicted octanol–water partition coefficient (Wildman–Crippen LogP) is 3.58. The van der Waals surface area contributed by atoms with Crippen LogP contribution in [0.1, 0.15) is 79.1 Å². The van der Waals surface area contributed by atoms with Crippen molar-refractivity contribution < 1.29 is 66.8 Å². The number of fused-ring (bicyclic) bond motifs is 1. The van der Waals surface area contributed by atoms with Crippen molar-refractivity contribution in [2.75, 3.05) is 0 Å². The number of allylic oxidation sites excluding steroid dienone is 2. The molecule has 2 aliphatic carbocycles. The summed E-state index contributed by atoms with van der Waals surface area (Å²) in [6.45, 7) is 15.0. The SMILES string of the molecule is C=C1[C@H](OC(C)=O)[C@H]2[C@@H](OC(C)=O)[C@](C)(OC(C)=O)C[C@]2(OC(C)=O)C(=O)[C@H](C)/C=C/C(C)(C)C(=O)[C@H](OC(C)=O)[C@H]1OC(=O)c1ccccc1. The van der Waals surface area contributed by atoms with Crippen molar-refractivity contribution in [1.29, 1.82) is 0 Å². The summed E-state index contributed by atoms with van der Waals surface area (Å²) < 4.78 is 34.6. The summed E-state index contributed by atoms with van der Waals surface area (Å²) in [5.74, 6) is -10.2. The van der Waals surface area contributed by atoms with Gasteiger partial charge in [0.25, 0.3) is 0 Å².